The lowest BCUT2D eigenvalue weighted by Crippen LogP contribution is -2.42. The Morgan fingerprint density at radius 2 is 2.24 bits per heavy atom. The Morgan fingerprint density at radius 3 is 2.86 bits per heavy atom. The summed E-state index contributed by atoms with van der Waals surface area (Å²) in [4.78, 5) is 21.8. The molecule has 6 nitrogen and oxygen atoms in total. The Balaban J connectivity index is 1.99. The van der Waals surface area contributed by atoms with E-state index in [-0.39, 0.29) is 12.1 Å². The van der Waals surface area contributed by atoms with Crippen molar-refractivity contribution in [1.82, 2.24) is 14.9 Å². The largest absolute Gasteiger partial charge is 0.444 e. The molecule has 0 bridgehead atoms. The summed E-state index contributed by atoms with van der Waals surface area (Å²) < 4.78 is 17.7. The van der Waals surface area contributed by atoms with E-state index in [0.29, 0.717) is 17.3 Å². The van der Waals surface area contributed by atoms with Crippen LogP contribution in [-0.4, -0.2) is 49.1 Å². The zero-order valence-electron chi connectivity index (χ0n) is 12.6. The number of ether oxygens (including phenoxy) is 1. The minimum absolute atomic E-state index is 0.0670. The van der Waals surface area contributed by atoms with Gasteiger partial charge in [0.2, 0.25) is 0 Å². The number of hydrogen-bond acceptors (Lipinski definition) is 5. The van der Waals surface area contributed by atoms with Crippen molar-refractivity contribution in [2.45, 2.75) is 50.3 Å². The van der Waals surface area contributed by atoms with Crippen molar-refractivity contribution in [2.75, 3.05) is 12.3 Å². The first kappa shape index (κ1) is 15.9. The first-order chi connectivity index (χ1) is 9.87. The smallest absolute Gasteiger partial charge is 0.410 e. The molecule has 0 aliphatic carbocycles. The van der Waals surface area contributed by atoms with Gasteiger partial charge in [-0.25, -0.2) is 9.78 Å². The van der Waals surface area contributed by atoms with E-state index in [2.05, 4.69) is 9.97 Å². The molecule has 0 N–H and O–H groups in total. The van der Waals surface area contributed by atoms with Gasteiger partial charge in [-0.1, -0.05) is 0 Å². The highest BCUT2D eigenvalue weighted by molar-refractivity contribution is 7.85. The average molecular weight is 311 g/mol. The number of likely N-dealkylation sites (tertiary alicyclic amines) is 1. The summed E-state index contributed by atoms with van der Waals surface area (Å²) in [6, 6.07) is -0.0670. The van der Waals surface area contributed by atoms with Crippen LogP contribution in [0.1, 0.15) is 33.6 Å². The number of carbonyl (C=O) groups is 1. The number of amides is 1. The molecule has 0 unspecified atom stereocenters. The van der Waals surface area contributed by atoms with E-state index in [9.17, 15) is 9.00 Å². The molecule has 1 saturated heterocycles. The van der Waals surface area contributed by atoms with E-state index in [1.807, 2.05) is 20.8 Å². The zero-order chi connectivity index (χ0) is 15.5. The van der Waals surface area contributed by atoms with Gasteiger partial charge in [-0.2, -0.15) is 0 Å². The Morgan fingerprint density at radius 1 is 1.48 bits per heavy atom. The Bertz CT molecular complexity index is 516. The van der Waals surface area contributed by atoms with E-state index >= 15 is 0 Å². The van der Waals surface area contributed by atoms with Crippen LogP contribution in [0.4, 0.5) is 4.79 Å². The van der Waals surface area contributed by atoms with E-state index in [0.717, 1.165) is 12.8 Å². The fourth-order valence-electron chi connectivity index (χ4n) is 2.23. The predicted octanol–water partition coefficient (Wildman–Crippen LogP) is 1.98. The van der Waals surface area contributed by atoms with Crippen molar-refractivity contribution in [2.24, 2.45) is 0 Å². The summed E-state index contributed by atoms with van der Waals surface area (Å²) >= 11 is 0. The van der Waals surface area contributed by atoms with Crippen LogP contribution in [0.3, 0.4) is 0 Å². The Labute approximate surface area is 127 Å². The number of rotatable bonds is 3. The quantitative estimate of drug-likeness (QED) is 0.853. The van der Waals surface area contributed by atoms with Gasteiger partial charge in [-0.15, -0.1) is 0 Å². The second-order valence-electron chi connectivity index (χ2n) is 6.03. The van der Waals surface area contributed by atoms with Gasteiger partial charge in [0.1, 0.15) is 10.6 Å². The second-order valence-corrected chi connectivity index (χ2v) is 7.47. The lowest BCUT2D eigenvalue weighted by molar-refractivity contribution is 0.0241. The van der Waals surface area contributed by atoms with Crippen LogP contribution < -0.4 is 0 Å². The molecule has 0 radical (unpaired) electrons. The fourth-order valence-corrected chi connectivity index (χ4v) is 3.46. The van der Waals surface area contributed by atoms with Crippen LogP contribution >= 0.6 is 0 Å². The fraction of sp³-hybridized carbons (Fsp3) is 0.643. The molecule has 1 fully saturated rings. The van der Waals surface area contributed by atoms with Crippen molar-refractivity contribution in [1.29, 1.82) is 0 Å². The topological polar surface area (TPSA) is 72.4 Å². The summed E-state index contributed by atoms with van der Waals surface area (Å²) in [6.07, 6.45) is 5.98. The maximum absolute atomic E-state index is 12.3. The first-order valence-corrected chi connectivity index (χ1v) is 8.33. The summed E-state index contributed by atoms with van der Waals surface area (Å²) in [5.74, 6) is 0.373. The Hall–Kier alpha value is -1.50. The van der Waals surface area contributed by atoms with Crippen LogP contribution in [0.5, 0.6) is 0 Å². The molecule has 0 saturated carbocycles. The van der Waals surface area contributed by atoms with Crippen molar-refractivity contribution in [3.05, 3.63) is 18.6 Å². The molecule has 1 aliphatic heterocycles. The van der Waals surface area contributed by atoms with Crippen molar-refractivity contribution < 1.29 is 13.7 Å². The third-order valence-electron chi connectivity index (χ3n) is 3.12. The summed E-state index contributed by atoms with van der Waals surface area (Å²) in [7, 11) is -1.26. The molecule has 1 aromatic heterocycles. The summed E-state index contributed by atoms with van der Waals surface area (Å²) in [5.41, 5.74) is -0.520. The maximum atomic E-state index is 12.3. The van der Waals surface area contributed by atoms with Gasteiger partial charge in [0.05, 0.1) is 22.7 Å². The number of nitrogens with zero attached hydrogens (tertiary/aromatic N) is 3. The van der Waals surface area contributed by atoms with Gasteiger partial charge in [-0.05, 0) is 33.6 Å². The minimum atomic E-state index is -1.26. The van der Waals surface area contributed by atoms with E-state index in [1.165, 1.54) is 12.4 Å². The standard InChI is InChI=1S/C14H21N3O3S/c1-14(2,3)20-13(18)17-8-4-5-11(17)10-21(19)12-9-15-6-7-16-12/h6-7,9,11H,4-5,8,10H2,1-3H3/t11-,21-/m1/s1. The van der Waals surface area contributed by atoms with E-state index in [4.69, 9.17) is 4.74 Å². The van der Waals surface area contributed by atoms with Gasteiger partial charge < -0.3 is 9.64 Å². The number of aromatic nitrogens is 2. The van der Waals surface area contributed by atoms with E-state index in [1.54, 1.807) is 11.1 Å². The highest BCUT2D eigenvalue weighted by atomic mass is 32.2. The lowest BCUT2D eigenvalue weighted by Gasteiger charge is -2.28. The summed E-state index contributed by atoms with van der Waals surface area (Å²) in [5, 5.41) is 0.452. The molecule has 2 heterocycles. The van der Waals surface area contributed by atoms with Crippen LogP contribution in [0.2, 0.25) is 0 Å². The van der Waals surface area contributed by atoms with Crippen LogP contribution in [0.25, 0.3) is 0 Å². The molecule has 0 aromatic carbocycles. The normalized spacial score (nSPS) is 20.3. The zero-order valence-corrected chi connectivity index (χ0v) is 13.4. The van der Waals surface area contributed by atoms with Gasteiger partial charge in [0.15, 0.2) is 0 Å². The van der Waals surface area contributed by atoms with Crippen LogP contribution in [-0.2, 0) is 15.5 Å². The first-order valence-electron chi connectivity index (χ1n) is 7.01. The van der Waals surface area contributed by atoms with E-state index < -0.39 is 16.4 Å². The Kier molecular flexibility index (Phi) is 4.92. The van der Waals surface area contributed by atoms with Crippen molar-refractivity contribution in [3.63, 3.8) is 0 Å². The van der Waals surface area contributed by atoms with Gasteiger partial charge >= 0.3 is 6.09 Å². The van der Waals surface area contributed by atoms with Gasteiger partial charge in [0.25, 0.3) is 0 Å². The summed E-state index contributed by atoms with van der Waals surface area (Å²) in [6.45, 7) is 6.17. The molecular weight excluding hydrogens is 290 g/mol. The molecule has 7 heteroatoms. The third-order valence-corrected chi connectivity index (χ3v) is 4.49. The molecular formula is C14H21N3O3S. The lowest BCUT2D eigenvalue weighted by atomic mass is 10.2. The SMILES string of the molecule is CC(C)(C)OC(=O)N1CCC[C@@H]1C[S@@](=O)c1cnccn1. The van der Waals surface area contributed by atoms with Crippen molar-refractivity contribution >= 4 is 16.9 Å². The molecule has 1 amide bonds. The number of carbonyl (C=O) groups excluding carboxylic acids is 1. The highest BCUT2D eigenvalue weighted by Crippen LogP contribution is 2.22. The maximum Gasteiger partial charge on any atom is 0.410 e. The van der Waals surface area contributed by atoms with Crippen molar-refractivity contribution in [3.8, 4) is 0 Å². The number of hydrogen-bond donors (Lipinski definition) is 0. The molecule has 1 aromatic rings. The molecule has 0 spiro atoms. The molecule has 2 atom stereocenters. The van der Waals surface area contributed by atoms with Crippen LogP contribution in [0, 0.1) is 0 Å². The average Bonchev–Trinajstić information content (AvgIpc) is 2.86. The minimum Gasteiger partial charge on any atom is -0.444 e. The molecule has 21 heavy (non-hydrogen) atoms. The monoisotopic (exact) mass is 311 g/mol. The van der Waals surface area contributed by atoms with Gasteiger partial charge in [0, 0.05) is 25.0 Å². The highest BCUT2D eigenvalue weighted by Gasteiger charge is 2.33. The molecule has 116 valence electrons. The molecule has 2 rings (SSSR count). The second kappa shape index (κ2) is 6.51. The van der Waals surface area contributed by atoms with Gasteiger partial charge in [-0.3, -0.25) is 9.19 Å². The third kappa shape index (κ3) is 4.49. The predicted molar refractivity (Wildman–Crippen MR) is 79.3 cm³/mol. The van der Waals surface area contributed by atoms with Crippen LogP contribution in [0.15, 0.2) is 23.6 Å². The molecule has 1 aliphatic rings.